The highest BCUT2D eigenvalue weighted by atomic mass is 16.7. The van der Waals surface area contributed by atoms with Crippen molar-refractivity contribution in [2.45, 2.75) is 114 Å². The third-order valence-electron chi connectivity index (χ3n) is 6.96. The van der Waals surface area contributed by atoms with E-state index in [0.29, 0.717) is 32.4 Å². The molecule has 0 saturated carbocycles. The fourth-order valence-electron chi connectivity index (χ4n) is 4.62. The number of aliphatic hydroxyl groups excluding tert-OH is 7. The summed E-state index contributed by atoms with van der Waals surface area (Å²) in [7, 11) is 0. The van der Waals surface area contributed by atoms with Crippen molar-refractivity contribution >= 4 is 5.78 Å². The second-order valence-electron chi connectivity index (χ2n) is 9.92. The first-order valence-corrected chi connectivity index (χ1v) is 12.9. The number of unbranched alkanes of at least 4 members (excludes halogenated alkanes) is 2. The van der Waals surface area contributed by atoms with Crippen LogP contribution in [0.2, 0.25) is 0 Å². The second-order valence-corrected chi connectivity index (χ2v) is 9.92. The molecule has 10 atom stereocenters. The van der Waals surface area contributed by atoms with E-state index in [1.165, 1.54) is 0 Å². The molecule has 0 aliphatic carbocycles. The molecule has 0 aromatic carbocycles. The van der Waals surface area contributed by atoms with Crippen LogP contribution in [0.3, 0.4) is 0 Å². The number of nitrogens with zero attached hydrogens (tertiary/aromatic N) is 1. The van der Waals surface area contributed by atoms with E-state index >= 15 is 0 Å². The van der Waals surface area contributed by atoms with Crippen molar-refractivity contribution in [3.63, 3.8) is 0 Å². The summed E-state index contributed by atoms with van der Waals surface area (Å²) in [4.78, 5) is 13.3. The molecular formula is C24H45NO11. The quantitative estimate of drug-likeness (QED) is 0.116. The van der Waals surface area contributed by atoms with Crippen molar-refractivity contribution in [2.75, 3.05) is 32.8 Å². The smallest absolute Gasteiger partial charge is 0.186 e. The Balaban J connectivity index is 1.84. The van der Waals surface area contributed by atoms with Gasteiger partial charge in [0.05, 0.1) is 25.4 Å². The predicted octanol–water partition coefficient (Wildman–Crippen LogP) is -2.10. The van der Waals surface area contributed by atoms with Crippen LogP contribution in [0.25, 0.3) is 0 Å². The van der Waals surface area contributed by atoms with E-state index in [1.54, 1.807) is 13.8 Å². The van der Waals surface area contributed by atoms with Crippen molar-refractivity contribution < 1.29 is 54.8 Å². The highest BCUT2D eigenvalue weighted by molar-refractivity contribution is 5.75. The van der Waals surface area contributed by atoms with E-state index < -0.39 is 67.8 Å². The lowest BCUT2D eigenvalue weighted by Crippen LogP contribution is -2.59. The van der Waals surface area contributed by atoms with Crippen LogP contribution < -0.4 is 0 Å². The summed E-state index contributed by atoms with van der Waals surface area (Å²) in [5.74, 6) is 0.160. The van der Waals surface area contributed by atoms with Gasteiger partial charge in [0, 0.05) is 13.0 Å². The molecule has 2 aliphatic rings. The van der Waals surface area contributed by atoms with Crippen LogP contribution in [0.15, 0.2) is 0 Å². The maximum Gasteiger partial charge on any atom is 0.186 e. The Morgan fingerprint density at radius 2 is 1.42 bits per heavy atom. The largest absolute Gasteiger partial charge is 0.394 e. The van der Waals surface area contributed by atoms with Gasteiger partial charge in [-0.05, 0) is 52.6 Å². The molecule has 0 aromatic rings. The monoisotopic (exact) mass is 523 g/mol. The average Bonchev–Trinajstić information content (AvgIpc) is 2.84. The number of carbonyl (C=O) groups is 1. The number of hydrogen-bond donors (Lipinski definition) is 7. The van der Waals surface area contributed by atoms with Crippen molar-refractivity contribution in [1.82, 2.24) is 4.90 Å². The Kier molecular flexibility index (Phi) is 13.6. The molecule has 12 nitrogen and oxygen atoms in total. The Labute approximate surface area is 212 Å². The molecule has 2 aliphatic heterocycles. The second kappa shape index (κ2) is 15.6. The first-order chi connectivity index (χ1) is 17.1. The molecule has 0 bridgehead atoms. The Hall–Kier alpha value is -0.770. The first-order valence-electron chi connectivity index (χ1n) is 12.9. The van der Waals surface area contributed by atoms with Gasteiger partial charge in [0.1, 0.15) is 48.5 Å². The standard InChI is InChI=1S/C24H45NO11/c1-14(27)7-4-3-5-9-25(10-6-8-16-19(29)21(31)18(28)15(2)35-16)11-12-34-24-23(33)22(32)20(30)17(13-26)36-24/h15-24,26,28-33H,3-13H2,1-2H3/t15-,16-,17+,18+,19+,20+,21+,22-,23-,24-/m0/s1. The molecule has 0 radical (unpaired) electrons. The van der Waals surface area contributed by atoms with Gasteiger partial charge in [-0.25, -0.2) is 0 Å². The summed E-state index contributed by atoms with van der Waals surface area (Å²) in [6.45, 7) is 4.66. The van der Waals surface area contributed by atoms with Crippen LogP contribution in [0, 0.1) is 0 Å². The number of Topliss-reactive ketones (excluding diaryl/α,β-unsaturated/α-hetero) is 1. The third kappa shape index (κ3) is 9.21. The van der Waals surface area contributed by atoms with E-state index in [4.69, 9.17) is 14.2 Å². The summed E-state index contributed by atoms with van der Waals surface area (Å²) in [5.41, 5.74) is 0. The number of rotatable bonds is 15. The lowest BCUT2D eigenvalue weighted by molar-refractivity contribution is -0.301. The number of aliphatic hydroxyl groups is 7. The van der Waals surface area contributed by atoms with Crippen LogP contribution >= 0.6 is 0 Å². The molecule has 212 valence electrons. The molecule has 2 saturated heterocycles. The molecule has 2 fully saturated rings. The molecular weight excluding hydrogens is 478 g/mol. The zero-order valence-corrected chi connectivity index (χ0v) is 21.3. The topological polar surface area (TPSA) is 190 Å². The summed E-state index contributed by atoms with van der Waals surface area (Å²) in [6, 6.07) is 0. The highest BCUT2D eigenvalue weighted by Gasteiger charge is 2.44. The van der Waals surface area contributed by atoms with E-state index in [0.717, 1.165) is 25.8 Å². The molecule has 0 aromatic heterocycles. The van der Waals surface area contributed by atoms with E-state index in [9.17, 15) is 40.5 Å². The van der Waals surface area contributed by atoms with Crippen molar-refractivity contribution in [1.29, 1.82) is 0 Å². The number of ketones is 1. The summed E-state index contributed by atoms with van der Waals surface area (Å²) in [5, 5.41) is 69.4. The van der Waals surface area contributed by atoms with E-state index in [2.05, 4.69) is 4.90 Å². The normalized spacial score (nSPS) is 37.4. The van der Waals surface area contributed by atoms with Crippen LogP contribution in [-0.2, 0) is 19.0 Å². The molecule has 12 heteroatoms. The third-order valence-corrected chi connectivity index (χ3v) is 6.96. The van der Waals surface area contributed by atoms with Gasteiger partial charge in [-0.15, -0.1) is 0 Å². The minimum absolute atomic E-state index is 0.153. The van der Waals surface area contributed by atoms with Gasteiger partial charge in [-0.2, -0.15) is 0 Å². The summed E-state index contributed by atoms with van der Waals surface area (Å²) < 4.78 is 16.7. The zero-order chi connectivity index (χ0) is 26.8. The van der Waals surface area contributed by atoms with Crippen LogP contribution in [0.1, 0.15) is 52.4 Å². The fourth-order valence-corrected chi connectivity index (χ4v) is 4.62. The van der Waals surface area contributed by atoms with Gasteiger partial charge in [0.2, 0.25) is 0 Å². The van der Waals surface area contributed by atoms with Gasteiger partial charge in [0.25, 0.3) is 0 Å². The number of hydrogen-bond acceptors (Lipinski definition) is 12. The van der Waals surface area contributed by atoms with Crippen LogP contribution in [-0.4, -0.2) is 141 Å². The molecule has 36 heavy (non-hydrogen) atoms. The number of ether oxygens (including phenoxy) is 3. The van der Waals surface area contributed by atoms with Gasteiger partial charge in [-0.1, -0.05) is 6.42 Å². The van der Waals surface area contributed by atoms with Gasteiger partial charge < -0.3 is 59.7 Å². The highest BCUT2D eigenvalue weighted by Crippen LogP contribution is 2.24. The van der Waals surface area contributed by atoms with Crippen molar-refractivity contribution in [2.24, 2.45) is 0 Å². The fraction of sp³-hybridized carbons (Fsp3) is 0.958. The molecule has 2 rings (SSSR count). The SMILES string of the molecule is CC(=O)CCCCCN(CCC[C@@H]1O[C@@H](C)[C@@H](O)[C@@H](O)[C@@H]1O)CCO[C@H]1O[C@H](CO)[C@@H](O)[C@H](O)[C@@H]1O. The Morgan fingerprint density at radius 1 is 0.778 bits per heavy atom. The van der Waals surface area contributed by atoms with Crippen molar-refractivity contribution in [3.8, 4) is 0 Å². The number of carbonyl (C=O) groups excluding carboxylic acids is 1. The molecule has 2 heterocycles. The van der Waals surface area contributed by atoms with Gasteiger partial charge >= 0.3 is 0 Å². The van der Waals surface area contributed by atoms with Crippen molar-refractivity contribution in [3.05, 3.63) is 0 Å². The Bertz CT molecular complexity index is 639. The minimum atomic E-state index is -1.50. The van der Waals surface area contributed by atoms with Gasteiger partial charge in [0.15, 0.2) is 6.29 Å². The lowest BCUT2D eigenvalue weighted by Gasteiger charge is -2.40. The average molecular weight is 524 g/mol. The molecule has 7 N–H and O–H groups in total. The van der Waals surface area contributed by atoms with E-state index in [-0.39, 0.29) is 12.4 Å². The first kappa shape index (κ1) is 31.4. The summed E-state index contributed by atoms with van der Waals surface area (Å²) in [6.07, 6.45) is -7.18. The molecule has 0 unspecified atom stereocenters. The Morgan fingerprint density at radius 3 is 2.08 bits per heavy atom. The van der Waals surface area contributed by atoms with Gasteiger partial charge in [-0.3, -0.25) is 0 Å². The maximum atomic E-state index is 11.2. The van der Waals surface area contributed by atoms with Crippen LogP contribution in [0.4, 0.5) is 0 Å². The predicted molar refractivity (Wildman–Crippen MR) is 127 cm³/mol. The minimum Gasteiger partial charge on any atom is -0.394 e. The van der Waals surface area contributed by atoms with Crippen LogP contribution in [0.5, 0.6) is 0 Å². The maximum absolute atomic E-state index is 11.2. The van der Waals surface area contributed by atoms with E-state index in [1.807, 2.05) is 0 Å². The summed E-state index contributed by atoms with van der Waals surface area (Å²) >= 11 is 0. The zero-order valence-electron chi connectivity index (χ0n) is 21.3. The molecule has 0 amide bonds. The lowest BCUT2D eigenvalue weighted by atomic mass is 9.93. The molecule has 0 spiro atoms.